The van der Waals surface area contributed by atoms with Gasteiger partial charge >= 0.3 is 0 Å². The van der Waals surface area contributed by atoms with Gasteiger partial charge < -0.3 is 15.5 Å². The highest BCUT2D eigenvalue weighted by Gasteiger charge is 2.08. The molecule has 0 spiro atoms. The van der Waals surface area contributed by atoms with Gasteiger partial charge in [0, 0.05) is 18.6 Å². The predicted octanol–water partition coefficient (Wildman–Crippen LogP) is 1.49. The average Bonchev–Trinajstić information content (AvgIpc) is 2.11. The van der Waals surface area contributed by atoms with Gasteiger partial charge in [-0.2, -0.15) is 0 Å². The van der Waals surface area contributed by atoms with Crippen LogP contribution in [-0.4, -0.2) is 14.2 Å². The second-order valence-corrected chi connectivity index (χ2v) is 3.91. The Morgan fingerprint density at radius 1 is 1.50 bits per heavy atom. The van der Waals surface area contributed by atoms with E-state index in [0.717, 1.165) is 15.7 Å². The van der Waals surface area contributed by atoms with E-state index in [0.29, 0.717) is 12.3 Å². The van der Waals surface area contributed by atoms with Crippen LogP contribution >= 0.6 is 15.9 Å². The third-order valence-electron chi connectivity index (χ3n) is 1.86. The Labute approximate surface area is 91.9 Å². The third-order valence-corrected chi connectivity index (χ3v) is 2.51. The zero-order valence-electron chi connectivity index (χ0n) is 8.25. The molecule has 78 valence electrons. The Morgan fingerprint density at radius 2 is 2.14 bits per heavy atom. The highest BCUT2D eigenvalue weighted by Crippen LogP contribution is 2.30. The zero-order chi connectivity index (χ0) is 10.7. The number of halogens is 1. The van der Waals surface area contributed by atoms with Crippen LogP contribution in [0.5, 0.6) is 0 Å². The monoisotopic (exact) mass is 259 g/mol. The molecule has 0 bridgehead atoms. The van der Waals surface area contributed by atoms with Gasteiger partial charge in [-0.25, -0.2) is 5.84 Å². The van der Waals surface area contributed by atoms with Crippen molar-refractivity contribution in [3.8, 4) is 0 Å². The van der Waals surface area contributed by atoms with E-state index in [-0.39, 0.29) is 0 Å². The van der Waals surface area contributed by atoms with E-state index >= 15 is 0 Å². The third kappa shape index (κ3) is 2.37. The Balaban J connectivity index is 3.14. The smallest absolute Gasteiger partial charge is 0.0758 e. The summed E-state index contributed by atoms with van der Waals surface area (Å²) in [6.45, 7) is 0.541. The lowest BCUT2D eigenvalue weighted by molar-refractivity contribution is 0.185. The van der Waals surface area contributed by atoms with Crippen LogP contribution in [0.4, 0.5) is 11.4 Å². The first-order valence-electron chi connectivity index (χ1n) is 4.11. The van der Waals surface area contributed by atoms with Gasteiger partial charge in [0.05, 0.1) is 18.0 Å². The minimum atomic E-state index is 0.541. The van der Waals surface area contributed by atoms with Gasteiger partial charge in [-0.15, -0.1) is 0 Å². The number of nitrogen functional groups attached to an aromatic ring is 1. The minimum Gasteiger partial charge on any atom is -0.396 e. The molecule has 0 aliphatic rings. The van der Waals surface area contributed by atoms with Crippen LogP contribution in [0.15, 0.2) is 16.6 Å². The number of nitrogens with two attached hydrogens (primary N) is 2. The minimum absolute atomic E-state index is 0.541. The Kier molecular flexibility index (Phi) is 3.74. The molecule has 0 amide bonds. The lowest BCUT2D eigenvalue weighted by Crippen LogP contribution is -2.26. The van der Waals surface area contributed by atoms with Crippen molar-refractivity contribution >= 4 is 27.3 Å². The fourth-order valence-corrected chi connectivity index (χ4v) is 1.70. The van der Waals surface area contributed by atoms with Crippen LogP contribution in [0.1, 0.15) is 5.56 Å². The summed E-state index contributed by atoms with van der Waals surface area (Å²) >= 11 is 3.37. The van der Waals surface area contributed by atoms with Crippen LogP contribution in [0.2, 0.25) is 0 Å². The van der Waals surface area contributed by atoms with E-state index in [1.807, 2.05) is 12.1 Å². The molecule has 0 aliphatic heterocycles. The first kappa shape index (κ1) is 11.3. The molecule has 0 radical (unpaired) electrons. The van der Waals surface area contributed by atoms with Crippen molar-refractivity contribution < 1.29 is 4.74 Å². The summed E-state index contributed by atoms with van der Waals surface area (Å²) in [5, 5.41) is 1.49. The first-order chi connectivity index (χ1) is 6.56. The summed E-state index contributed by atoms with van der Waals surface area (Å²) < 4.78 is 5.87. The zero-order valence-corrected chi connectivity index (χ0v) is 9.84. The topological polar surface area (TPSA) is 64.5 Å². The quantitative estimate of drug-likeness (QED) is 0.491. The van der Waals surface area contributed by atoms with Crippen LogP contribution in [0.3, 0.4) is 0 Å². The van der Waals surface area contributed by atoms with Gasteiger partial charge in [-0.1, -0.05) is 0 Å². The molecule has 0 saturated carbocycles. The molecule has 14 heavy (non-hydrogen) atoms. The molecule has 4 N–H and O–H groups in total. The number of methoxy groups -OCH3 is 1. The largest absolute Gasteiger partial charge is 0.396 e. The average molecular weight is 260 g/mol. The number of benzene rings is 1. The van der Waals surface area contributed by atoms with Gasteiger partial charge in [-0.05, 0) is 33.6 Å². The summed E-state index contributed by atoms with van der Waals surface area (Å²) in [6.07, 6.45) is 0. The molecule has 0 atom stereocenters. The highest BCUT2D eigenvalue weighted by molar-refractivity contribution is 9.10. The number of anilines is 2. The van der Waals surface area contributed by atoms with Gasteiger partial charge in [0.2, 0.25) is 0 Å². The van der Waals surface area contributed by atoms with E-state index in [4.69, 9.17) is 16.3 Å². The van der Waals surface area contributed by atoms with Crippen LogP contribution in [0.25, 0.3) is 0 Å². The molecule has 0 saturated heterocycles. The van der Waals surface area contributed by atoms with Gasteiger partial charge in [-0.3, -0.25) is 0 Å². The molecule has 0 aromatic heterocycles. The molecule has 1 aromatic rings. The molecule has 4 nitrogen and oxygen atoms in total. The fourth-order valence-electron chi connectivity index (χ4n) is 1.20. The van der Waals surface area contributed by atoms with E-state index in [1.165, 1.54) is 5.01 Å². The van der Waals surface area contributed by atoms with Crippen molar-refractivity contribution in [2.45, 2.75) is 6.61 Å². The molecule has 0 heterocycles. The maximum atomic E-state index is 5.84. The highest BCUT2D eigenvalue weighted by atomic mass is 79.9. The standard InChI is InChI=1S/C9H14BrN3O/c1-13(12)8-4-6(5-14-2)3-7(10)9(8)11/h3-4H,5,11-12H2,1-2H3. The van der Waals surface area contributed by atoms with Crippen molar-refractivity contribution in [3.05, 3.63) is 22.2 Å². The number of hydrogen-bond acceptors (Lipinski definition) is 4. The van der Waals surface area contributed by atoms with Crippen LogP contribution in [0, 0.1) is 0 Å². The van der Waals surface area contributed by atoms with E-state index in [1.54, 1.807) is 14.2 Å². The summed E-state index contributed by atoms with van der Waals surface area (Å²) in [6, 6.07) is 3.83. The van der Waals surface area contributed by atoms with Gasteiger partial charge in [0.25, 0.3) is 0 Å². The fraction of sp³-hybridized carbons (Fsp3) is 0.333. The summed E-state index contributed by atoms with van der Waals surface area (Å²) in [5.41, 5.74) is 8.29. The molecular weight excluding hydrogens is 246 g/mol. The Hall–Kier alpha value is -0.780. The first-order valence-corrected chi connectivity index (χ1v) is 4.90. The van der Waals surface area contributed by atoms with Gasteiger partial charge in [0.1, 0.15) is 0 Å². The van der Waals surface area contributed by atoms with Crippen molar-refractivity contribution in [1.82, 2.24) is 0 Å². The van der Waals surface area contributed by atoms with Crippen molar-refractivity contribution in [1.29, 1.82) is 0 Å². The van der Waals surface area contributed by atoms with Crippen molar-refractivity contribution in [3.63, 3.8) is 0 Å². The normalized spacial score (nSPS) is 10.3. The second-order valence-electron chi connectivity index (χ2n) is 3.05. The van der Waals surface area contributed by atoms with E-state index in [2.05, 4.69) is 15.9 Å². The van der Waals surface area contributed by atoms with E-state index in [9.17, 15) is 0 Å². The lowest BCUT2D eigenvalue weighted by Gasteiger charge is -2.17. The lowest BCUT2D eigenvalue weighted by atomic mass is 10.2. The predicted molar refractivity (Wildman–Crippen MR) is 61.9 cm³/mol. The number of nitrogens with zero attached hydrogens (tertiary/aromatic N) is 1. The molecule has 1 rings (SSSR count). The Bertz CT molecular complexity index is 328. The molecule has 0 unspecified atom stereocenters. The SMILES string of the molecule is COCc1cc(Br)c(N)c(N(C)N)c1. The number of rotatable bonds is 3. The Morgan fingerprint density at radius 3 is 2.64 bits per heavy atom. The second kappa shape index (κ2) is 4.63. The van der Waals surface area contributed by atoms with Crippen molar-refractivity contribution in [2.75, 3.05) is 24.9 Å². The van der Waals surface area contributed by atoms with Crippen LogP contribution < -0.4 is 16.6 Å². The van der Waals surface area contributed by atoms with Crippen LogP contribution in [-0.2, 0) is 11.3 Å². The maximum Gasteiger partial charge on any atom is 0.0758 e. The number of hydrogen-bond donors (Lipinski definition) is 2. The molecule has 1 aromatic carbocycles. The van der Waals surface area contributed by atoms with Gasteiger partial charge in [0.15, 0.2) is 0 Å². The number of hydrazine groups is 1. The van der Waals surface area contributed by atoms with Crippen molar-refractivity contribution in [2.24, 2.45) is 5.84 Å². The number of ether oxygens (including phenoxy) is 1. The molecule has 0 aliphatic carbocycles. The van der Waals surface area contributed by atoms with E-state index < -0.39 is 0 Å². The summed E-state index contributed by atoms with van der Waals surface area (Å²) in [5.74, 6) is 5.64. The maximum absolute atomic E-state index is 5.84. The summed E-state index contributed by atoms with van der Waals surface area (Å²) in [4.78, 5) is 0. The molecular formula is C9H14BrN3O. The summed E-state index contributed by atoms with van der Waals surface area (Å²) in [7, 11) is 3.39. The molecule has 5 heteroatoms. The molecule has 0 fully saturated rings.